The van der Waals surface area contributed by atoms with Gasteiger partial charge in [0.25, 0.3) is 0 Å². The first-order chi connectivity index (χ1) is 16.2. The molecular formula is C25H20N4O3S. The Morgan fingerprint density at radius 1 is 1.03 bits per heavy atom. The maximum Gasteiger partial charge on any atom is 0.233 e. The van der Waals surface area contributed by atoms with Gasteiger partial charge in [-0.05, 0) is 48.9 Å². The molecule has 1 atom stereocenters. The summed E-state index contributed by atoms with van der Waals surface area (Å²) in [6, 6.07) is 21.6. The van der Waals surface area contributed by atoms with Crippen LogP contribution in [0.25, 0.3) is 27.6 Å². The Morgan fingerprint density at radius 3 is 2.73 bits per heavy atom. The predicted octanol–water partition coefficient (Wildman–Crippen LogP) is 4.56. The van der Waals surface area contributed by atoms with Crippen molar-refractivity contribution in [3.8, 4) is 11.5 Å². The van der Waals surface area contributed by atoms with Crippen molar-refractivity contribution in [2.45, 2.75) is 23.9 Å². The number of thioether (sulfide) groups is 1. The minimum Gasteiger partial charge on any atom is -0.454 e. The zero-order valence-electron chi connectivity index (χ0n) is 17.8. The molecule has 1 unspecified atom stereocenters. The number of ether oxygens (including phenoxy) is 2. The van der Waals surface area contributed by atoms with Crippen molar-refractivity contribution in [1.29, 1.82) is 0 Å². The summed E-state index contributed by atoms with van der Waals surface area (Å²) in [5.74, 6) is 1.37. The number of imidazole rings is 1. The van der Waals surface area contributed by atoms with Gasteiger partial charge in [-0.1, -0.05) is 42.1 Å². The summed E-state index contributed by atoms with van der Waals surface area (Å²) < 4.78 is 12.8. The van der Waals surface area contributed by atoms with Gasteiger partial charge < -0.3 is 14.8 Å². The fourth-order valence-electron chi connectivity index (χ4n) is 3.99. The Balaban J connectivity index is 1.28. The first kappa shape index (κ1) is 19.9. The Hall–Kier alpha value is -3.78. The highest BCUT2D eigenvalue weighted by Crippen LogP contribution is 2.33. The van der Waals surface area contributed by atoms with Crippen molar-refractivity contribution < 1.29 is 14.3 Å². The Bertz CT molecular complexity index is 1530. The number of carbonyl (C=O) groups is 1. The lowest BCUT2D eigenvalue weighted by molar-refractivity contribution is -0.120. The molecule has 164 valence electrons. The number of carbonyl (C=O) groups excluding carboxylic acids is 1. The van der Waals surface area contributed by atoms with Gasteiger partial charge in [0.15, 0.2) is 16.7 Å². The van der Waals surface area contributed by atoms with Crippen molar-refractivity contribution in [3.63, 3.8) is 0 Å². The van der Waals surface area contributed by atoms with Crippen molar-refractivity contribution in [1.82, 2.24) is 19.7 Å². The number of nitrogens with zero attached hydrogens (tertiary/aromatic N) is 3. The van der Waals surface area contributed by atoms with E-state index in [1.807, 2.05) is 78.1 Å². The average molecular weight is 457 g/mol. The van der Waals surface area contributed by atoms with Crippen LogP contribution in [0.2, 0.25) is 0 Å². The molecule has 0 radical (unpaired) electrons. The highest BCUT2D eigenvalue weighted by atomic mass is 32.2. The second-order valence-corrected chi connectivity index (χ2v) is 9.14. The molecule has 33 heavy (non-hydrogen) atoms. The monoisotopic (exact) mass is 456 g/mol. The van der Waals surface area contributed by atoms with Gasteiger partial charge in [-0.25, -0.2) is 9.97 Å². The van der Waals surface area contributed by atoms with Crippen molar-refractivity contribution >= 4 is 45.3 Å². The Labute approximate surface area is 193 Å². The van der Waals surface area contributed by atoms with Crippen LogP contribution >= 0.6 is 11.8 Å². The minimum absolute atomic E-state index is 0.0646. The average Bonchev–Trinajstić information content (AvgIpc) is 3.47. The van der Waals surface area contributed by atoms with Crippen molar-refractivity contribution in [2.24, 2.45) is 0 Å². The number of amides is 1. The summed E-state index contributed by atoms with van der Waals surface area (Å²) in [6.45, 7) is 2.53. The Kier molecular flexibility index (Phi) is 4.80. The largest absolute Gasteiger partial charge is 0.454 e. The number of hydrogen-bond donors (Lipinski definition) is 1. The molecule has 0 saturated heterocycles. The fraction of sp³-hybridized carbons (Fsp3) is 0.160. The molecule has 2 aromatic heterocycles. The highest BCUT2D eigenvalue weighted by molar-refractivity contribution is 8.00. The first-order valence-corrected chi connectivity index (χ1v) is 11.5. The molecule has 0 saturated carbocycles. The summed E-state index contributed by atoms with van der Waals surface area (Å²) in [6.07, 6.45) is 0. The van der Waals surface area contributed by atoms with Crippen LogP contribution in [-0.4, -0.2) is 32.3 Å². The molecule has 8 heteroatoms. The first-order valence-electron chi connectivity index (χ1n) is 10.7. The van der Waals surface area contributed by atoms with E-state index >= 15 is 0 Å². The van der Waals surface area contributed by atoms with Gasteiger partial charge in [-0.3, -0.25) is 9.20 Å². The van der Waals surface area contributed by atoms with Crippen LogP contribution < -0.4 is 14.8 Å². The van der Waals surface area contributed by atoms with Crippen LogP contribution in [0.3, 0.4) is 0 Å². The molecule has 3 heterocycles. The molecule has 3 aromatic carbocycles. The van der Waals surface area contributed by atoms with E-state index in [1.165, 1.54) is 11.8 Å². The topological polar surface area (TPSA) is 77.8 Å². The van der Waals surface area contributed by atoms with Crippen molar-refractivity contribution in [3.05, 3.63) is 72.3 Å². The van der Waals surface area contributed by atoms with E-state index in [2.05, 4.69) is 5.32 Å². The second kappa shape index (κ2) is 7.97. The maximum atomic E-state index is 12.9. The van der Waals surface area contributed by atoms with Crippen LogP contribution in [0.1, 0.15) is 12.5 Å². The molecule has 6 rings (SSSR count). The van der Waals surface area contributed by atoms with Crippen LogP contribution in [-0.2, 0) is 11.3 Å². The molecular weight excluding hydrogens is 436 g/mol. The van der Waals surface area contributed by atoms with E-state index in [9.17, 15) is 4.79 Å². The van der Waals surface area contributed by atoms with Gasteiger partial charge in [0.2, 0.25) is 12.7 Å². The summed E-state index contributed by atoms with van der Waals surface area (Å²) in [5.41, 5.74) is 4.53. The minimum atomic E-state index is -0.350. The van der Waals surface area contributed by atoms with Gasteiger partial charge in [-0.15, -0.1) is 0 Å². The zero-order chi connectivity index (χ0) is 22.4. The summed E-state index contributed by atoms with van der Waals surface area (Å²) in [4.78, 5) is 22.6. The van der Waals surface area contributed by atoms with E-state index in [0.717, 1.165) is 44.1 Å². The third kappa shape index (κ3) is 3.52. The van der Waals surface area contributed by atoms with Gasteiger partial charge >= 0.3 is 0 Å². The molecule has 7 nitrogen and oxygen atoms in total. The predicted molar refractivity (Wildman–Crippen MR) is 128 cm³/mol. The third-order valence-electron chi connectivity index (χ3n) is 5.67. The molecule has 1 aliphatic heterocycles. The quantitative estimate of drug-likeness (QED) is 0.309. The van der Waals surface area contributed by atoms with E-state index in [1.54, 1.807) is 0 Å². The van der Waals surface area contributed by atoms with Crippen molar-refractivity contribution in [2.75, 3.05) is 6.79 Å². The third-order valence-corrected chi connectivity index (χ3v) is 6.72. The van der Waals surface area contributed by atoms with Crippen LogP contribution in [0.5, 0.6) is 11.5 Å². The van der Waals surface area contributed by atoms with Gasteiger partial charge in [0, 0.05) is 11.9 Å². The zero-order valence-corrected chi connectivity index (χ0v) is 18.6. The molecule has 0 fully saturated rings. The van der Waals surface area contributed by atoms with E-state index in [4.69, 9.17) is 19.4 Å². The summed E-state index contributed by atoms with van der Waals surface area (Å²) in [5, 5.41) is 4.39. The number of rotatable bonds is 5. The molecule has 0 bridgehead atoms. The summed E-state index contributed by atoms with van der Waals surface area (Å²) >= 11 is 1.43. The van der Waals surface area contributed by atoms with Gasteiger partial charge in [0.1, 0.15) is 5.65 Å². The lowest BCUT2D eigenvalue weighted by Gasteiger charge is -2.14. The summed E-state index contributed by atoms with van der Waals surface area (Å²) in [7, 11) is 0. The van der Waals surface area contributed by atoms with E-state index in [0.29, 0.717) is 12.3 Å². The molecule has 0 aliphatic carbocycles. The number of aromatic nitrogens is 3. The molecule has 1 aliphatic rings. The number of para-hydroxylation sites is 3. The van der Waals surface area contributed by atoms with Gasteiger partial charge in [-0.2, -0.15) is 0 Å². The maximum absolute atomic E-state index is 12.9. The van der Waals surface area contributed by atoms with Gasteiger partial charge in [0.05, 0.1) is 21.8 Å². The normalized spacial score (nSPS) is 13.6. The van der Waals surface area contributed by atoms with E-state index < -0.39 is 0 Å². The molecule has 5 aromatic rings. The Morgan fingerprint density at radius 2 is 1.82 bits per heavy atom. The molecule has 1 amide bonds. The van der Waals surface area contributed by atoms with Crippen LogP contribution in [0, 0.1) is 0 Å². The second-order valence-electron chi connectivity index (χ2n) is 7.84. The standard InChI is InChI=1S/C25H20N4O3S/c1-15(24(30)26-13-16-10-11-21-22(12-16)32-14-31-21)33-25-28-18-7-3-2-6-17(18)23-27-19-8-4-5-9-20(19)29(23)25/h2-12,15H,13-14H2,1H3,(H,26,30). The number of fused-ring (bicyclic) bond motifs is 6. The fourth-order valence-corrected chi connectivity index (χ4v) is 4.94. The molecule has 1 N–H and O–H groups in total. The lowest BCUT2D eigenvalue weighted by Crippen LogP contribution is -2.30. The molecule has 0 spiro atoms. The SMILES string of the molecule is CC(Sc1nc2ccccc2c2nc3ccccc3n12)C(=O)NCc1ccc2c(c1)OCO2. The lowest BCUT2D eigenvalue weighted by atomic mass is 10.2. The van der Waals surface area contributed by atoms with Crippen LogP contribution in [0.15, 0.2) is 71.9 Å². The number of nitrogens with one attached hydrogen (secondary N) is 1. The van der Waals surface area contributed by atoms with E-state index in [-0.39, 0.29) is 18.0 Å². The highest BCUT2D eigenvalue weighted by Gasteiger charge is 2.20. The number of hydrogen-bond acceptors (Lipinski definition) is 6. The van der Waals surface area contributed by atoms with Crippen LogP contribution in [0.4, 0.5) is 0 Å². The number of benzene rings is 3. The smallest absolute Gasteiger partial charge is 0.233 e.